The Bertz CT molecular complexity index is 1080. The number of rotatable bonds is 5. The molecule has 28 heavy (non-hydrogen) atoms. The number of aromatic nitrogens is 4. The van der Waals surface area contributed by atoms with Crippen LogP contribution in [0.2, 0.25) is 0 Å². The zero-order valence-electron chi connectivity index (χ0n) is 15.6. The summed E-state index contributed by atoms with van der Waals surface area (Å²) >= 11 is 0. The van der Waals surface area contributed by atoms with Crippen molar-refractivity contribution < 1.29 is 18.0 Å². The molecule has 0 aliphatic carbocycles. The number of fused-ring (bicyclic) bond motifs is 1. The van der Waals surface area contributed by atoms with Crippen LogP contribution in [0.5, 0.6) is 0 Å². The minimum absolute atomic E-state index is 0.0324. The number of halogens is 3. The second-order valence-corrected chi connectivity index (χ2v) is 6.74. The number of hydrogen-bond acceptors (Lipinski definition) is 4. The smallest absolute Gasteiger partial charge is 0.310 e. The van der Waals surface area contributed by atoms with Gasteiger partial charge in [-0.15, -0.1) is 0 Å². The summed E-state index contributed by atoms with van der Waals surface area (Å²) in [7, 11) is 0. The maximum atomic E-state index is 12.8. The van der Waals surface area contributed by atoms with Crippen molar-refractivity contribution in [2.45, 2.75) is 45.8 Å². The molecule has 148 valence electrons. The quantitative estimate of drug-likeness (QED) is 0.720. The number of ketones is 1. The van der Waals surface area contributed by atoms with E-state index in [1.54, 1.807) is 13.8 Å². The molecule has 2 aromatic heterocycles. The van der Waals surface area contributed by atoms with E-state index in [1.165, 1.54) is 23.7 Å². The average Bonchev–Trinajstić information content (AvgIpc) is 2.97. The fraction of sp³-hybridized carbons (Fsp3) is 0.368. The molecule has 0 radical (unpaired) electrons. The SMILES string of the molecule is CC(=O)CCc1nn([C@@H](C)c2ccc(C(F)(F)F)cc2)c2nc(C)[nH]c(=O)c12. The number of carbonyl (C=O) groups is 1. The Morgan fingerprint density at radius 2 is 1.89 bits per heavy atom. The molecule has 1 N–H and O–H groups in total. The summed E-state index contributed by atoms with van der Waals surface area (Å²) in [5.41, 5.74) is 0.286. The third kappa shape index (κ3) is 3.83. The first-order valence-electron chi connectivity index (χ1n) is 8.72. The van der Waals surface area contributed by atoms with Gasteiger partial charge in [0.05, 0.1) is 17.3 Å². The maximum Gasteiger partial charge on any atom is 0.416 e. The zero-order valence-corrected chi connectivity index (χ0v) is 15.6. The summed E-state index contributed by atoms with van der Waals surface area (Å²) in [6.45, 7) is 4.86. The molecule has 1 atom stereocenters. The number of nitrogens with one attached hydrogen (secondary N) is 1. The normalized spacial score (nSPS) is 13.1. The van der Waals surface area contributed by atoms with E-state index >= 15 is 0 Å². The molecule has 0 fully saturated rings. The Balaban J connectivity index is 2.09. The van der Waals surface area contributed by atoms with Gasteiger partial charge in [0, 0.05) is 6.42 Å². The van der Waals surface area contributed by atoms with Crippen LogP contribution in [-0.4, -0.2) is 25.5 Å². The van der Waals surface area contributed by atoms with Gasteiger partial charge in [-0.05, 0) is 44.9 Å². The molecule has 0 aliphatic heterocycles. The summed E-state index contributed by atoms with van der Waals surface area (Å²) < 4.78 is 39.9. The molecule has 6 nitrogen and oxygen atoms in total. The highest BCUT2D eigenvalue weighted by atomic mass is 19.4. The zero-order chi connectivity index (χ0) is 20.6. The molecule has 1 aromatic carbocycles. The van der Waals surface area contributed by atoms with Crippen LogP contribution in [0.3, 0.4) is 0 Å². The van der Waals surface area contributed by atoms with E-state index in [9.17, 15) is 22.8 Å². The summed E-state index contributed by atoms with van der Waals surface area (Å²) in [5, 5.41) is 4.77. The lowest BCUT2D eigenvalue weighted by atomic mass is 10.1. The van der Waals surface area contributed by atoms with Crippen LogP contribution in [0.25, 0.3) is 11.0 Å². The monoisotopic (exact) mass is 392 g/mol. The van der Waals surface area contributed by atoms with Crippen molar-refractivity contribution in [3.8, 4) is 0 Å². The Hall–Kier alpha value is -2.97. The van der Waals surface area contributed by atoms with Gasteiger partial charge in [0.1, 0.15) is 17.0 Å². The van der Waals surface area contributed by atoms with Crippen molar-refractivity contribution in [2.24, 2.45) is 0 Å². The highest BCUT2D eigenvalue weighted by molar-refractivity contribution is 5.80. The first-order chi connectivity index (χ1) is 13.1. The number of alkyl halides is 3. The summed E-state index contributed by atoms with van der Waals surface area (Å²) in [4.78, 5) is 30.8. The number of H-pyrrole nitrogens is 1. The standard InChI is InChI=1S/C19H19F3N4O2/c1-10(27)4-9-15-16-17(23-12(3)24-18(16)28)26(25-15)11(2)13-5-7-14(8-6-13)19(20,21)22/h5-8,11H,4,9H2,1-3H3,(H,23,24,28)/t11-/m0/s1. The van der Waals surface area contributed by atoms with E-state index in [0.717, 1.165) is 12.1 Å². The first-order valence-corrected chi connectivity index (χ1v) is 8.72. The molecule has 0 bridgehead atoms. The van der Waals surface area contributed by atoms with Gasteiger partial charge >= 0.3 is 6.18 Å². The largest absolute Gasteiger partial charge is 0.416 e. The molecule has 3 rings (SSSR count). The number of benzene rings is 1. The van der Waals surface area contributed by atoms with Crippen LogP contribution in [0.15, 0.2) is 29.1 Å². The molecule has 9 heteroatoms. The van der Waals surface area contributed by atoms with E-state index in [4.69, 9.17) is 0 Å². The van der Waals surface area contributed by atoms with Crippen molar-refractivity contribution in [3.05, 3.63) is 57.3 Å². The molecule has 3 aromatic rings. The molecule has 2 heterocycles. The maximum absolute atomic E-state index is 12.8. The van der Waals surface area contributed by atoms with E-state index in [1.807, 2.05) is 0 Å². The average molecular weight is 392 g/mol. The number of nitrogens with zero attached hydrogens (tertiary/aromatic N) is 3. The Morgan fingerprint density at radius 3 is 2.46 bits per heavy atom. The third-order valence-corrected chi connectivity index (χ3v) is 4.55. The van der Waals surface area contributed by atoms with Gasteiger partial charge < -0.3 is 9.78 Å². The second kappa shape index (κ2) is 7.21. The Kier molecular flexibility index (Phi) is 5.10. The number of aromatic amines is 1. The van der Waals surface area contributed by atoms with Crippen LogP contribution >= 0.6 is 0 Å². The molecule has 0 saturated carbocycles. The number of hydrogen-bond donors (Lipinski definition) is 1. The van der Waals surface area contributed by atoms with Crippen molar-refractivity contribution in [2.75, 3.05) is 0 Å². The predicted octanol–water partition coefficient (Wildman–Crippen LogP) is 3.58. The van der Waals surface area contributed by atoms with E-state index in [0.29, 0.717) is 28.1 Å². The lowest BCUT2D eigenvalue weighted by Gasteiger charge is -2.15. The molecule has 0 unspecified atom stereocenters. The Labute approximate surface area is 158 Å². The van der Waals surface area contributed by atoms with Crippen LogP contribution in [0, 0.1) is 6.92 Å². The van der Waals surface area contributed by atoms with Crippen molar-refractivity contribution in [1.29, 1.82) is 0 Å². The van der Waals surface area contributed by atoms with Crippen molar-refractivity contribution in [1.82, 2.24) is 19.7 Å². The highest BCUT2D eigenvalue weighted by Crippen LogP contribution is 2.31. The van der Waals surface area contributed by atoms with Gasteiger partial charge in [-0.3, -0.25) is 4.79 Å². The van der Waals surface area contributed by atoms with Crippen molar-refractivity contribution in [3.63, 3.8) is 0 Å². The number of aryl methyl sites for hydroxylation is 2. The van der Waals surface area contributed by atoms with Gasteiger partial charge in [-0.25, -0.2) is 9.67 Å². The van der Waals surface area contributed by atoms with Crippen LogP contribution < -0.4 is 5.56 Å². The molecule has 0 aliphatic rings. The molecule has 0 saturated heterocycles. The summed E-state index contributed by atoms with van der Waals surface area (Å²) in [5.74, 6) is 0.367. The number of Topliss-reactive ketones (excluding diaryl/α,β-unsaturated/α-hetero) is 1. The fourth-order valence-corrected chi connectivity index (χ4v) is 3.06. The molecule has 0 amide bonds. The van der Waals surface area contributed by atoms with E-state index < -0.39 is 17.8 Å². The molecular formula is C19H19F3N4O2. The van der Waals surface area contributed by atoms with Crippen molar-refractivity contribution >= 4 is 16.8 Å². The predicted molar refractivity (Wildman–Crippen MR) is 97.1 cm³/mol. The van der Waals surface area contributed by atoms with Gasteiger partial charge in [-0.2, -0.15) is 18.3 Å². The minimum Gasteiger partial charge on any atom is -0.310 e. The lowest BCUT2D eigenvalue weighted by molar-refractivity contribution is -0.137. The summed E-state index contributed by atoms with van der Waals surface area (Å²) in [6.07, 6.45) is -3.90. The highest BCUT2D eigenvalue weighted by Gasteiger charge is 2.30. The molecule has 0 spiro atoms. The van der Waals surface area contributed by atoms with Gasteiger partial charge in [0.25, 0.3) is 5.56 Å². The topological polar surface area (TPSA) is 80.6 Å². The summed E-state index contributed by atoms with van der Waals surface area (Å²) in [6, 6.07) is 4.34. The lowest BCUT2D eigenvalue weighted by Crippen LogP contribution is -2.13. The van der Waals surface area contributed by atoms with Crippen LogP contribution in [0.1, 0.15) is 49.0 Å². The molecular weight excluding hydrogens is 373 g/mol. The van der Waals surface area contributed by atoms with Gasteiger partial charge in [0.15, 0.2) is 5.65 Å². The second-order valence-electron chi connectivity index (χ2n) is 6.74. The number of carbonyl (C=O) groups excluding carboxylic acids is 1. The first kappa shape index (κ1) is 19.8. The van der Waals surface area contributed by atoms with Gasteiger partial charge in [-0.1, -0.05) is 12.1 Å². The van der Waals surface area contributed by atoms with Gasteiger partial charge in [0.2, 0.25) is 0 Å². The van der Waals surface area contributed by atoms with Crippen LogP contribution in [0.4, 0.5) is 13.2 Å². The Morgan fingerprint density at radius 1 is 1.25 bits per heavy atom. The van der Waals surface area contributed by atoms with Crippen LogP contribution in [-0.2, 0) is 17.4 Å². The minimum atomic E-state index is -4.41. The third-order valence-electron chi connectivity index (χ3n) is 4.55. The van der Waals surface area contributed by atoms with E-state index in [-0.39, 0.29) is 24.2 Å². The van der Waals surface area contributed by atoms with E-state index in [2.05, 4.69) is 15.1 Å². The fourth-order valence-electron chi connectivity index (χ4n) is 3.06.